The van der Waals surface area contributed by atoms with Crippen LogP contribution in [0.5, 0.6) is 0 Å². The van der Waals surface area contributed by atoms with Crippen LogP contribution in [0.25, 0.3) is 6.08 Å². The number of carbonyl (C=O) groups excluding carboxylic acids is 1. The fraction of sp³-hybridized carbons (Fsp3) is 0.133. The smallest absolute Gasteiger partial charge is 0.248 e. The molecule has 98 valence electrons. The van der Waals surface area contributed by atoms with Crippen LogP contribution in [0.4, 0.5) is 5.69 Å². The summed E-state index contributed by atoms with van der Waals surface area (Å²) in [6.45, 7) is 2.06. The van der Waals surface area contributed by atoms with E-state index in [-0.39, 0.29) is 5.91 Å². The van der Waals surface area contributed by atoms with Gasteiger partial charge < -0.3 is 9.73 Å². The summed E-state index contributed by atoms with van der Waals surface area (Å²) in [5, 5.41) is 2.86. The van der Waals surface area contributed by atoms with Crippen LogP contribution < -0.4 is 5.32 Å². The number of para-hydroxylation sites is 1. The summed E-state index contributed by atoms with van der Waals surface area (Å²) in [7, 11) is 0. The lowest BCUT2D eigenvalue weighted by Gasteiger charge is -2.07. The molecule has 1 aromatic carbocycles. The number of anilines is 1. The second-order valence-corrected chi connectivity index (χ2v) is 4.76. The quantitative estimate of drug-likeness (QED) is 0.856. The van der Waals surface area contributed by atoms with Gasteiger partial charge in [-0.1, -0.05) is 25.1 Å². The van der Waals surface area contributed by atoms with Crippen molar-refractivity contribution in [3.8, 4) is 0 Å². The fourth-order valence-corrected chi connectivity index (χ4v) is 2.02. The number of carbonyl (C=O) groups is 1. The first-order chi connectivity index (χ1) is 9.19. The van der Waals surface area contributed by atoms with Gasteiger partial charge in [0, 0.05) is 11.8 Å². The summed E-state index contributed by atoms with van der Waals surface area (Å²) in [5.41, 5.74) is 1.96. The highest BCUT2D eigenvalue weighted by Gasteiger charge is 2.02. The zero-order chi connectivity index (χ0) is 13.7. The maximum atomic E-state index is 11.8. The maximum Gasteiger partial charge on any atom is 0.248 e. The molecule has 0 saturated carbocycles. The van der Waals surface area contributed by atoms with Crippen molar-refractivity contribution < 1.29 is 9.21 Å². The van der Waals surface area contributed by atoms with Crippen molar-refractivity contribution in [3.63, 3.8) is 0 Å². The van der Waals surface area contributed by atoms with Gasteiger partial charge in [-0.05, 0) is 52.2 Å². The molecular formula is C15H14BrNO2. The maximum absolute atomic E-state index is 11.8. The van der Waals surface area contributed by atoms with Crippen LogP contribution in [0.2, 0.25) is 0 Å². The van der Waals surface area contributed by atoms with E-state index in [0.717, 1.165) is 17.7 Å². The number of hydrogen-bond donors (Lipinski definition) is 1. The Morgan fingerprint density at radius 2 is 2.11 bits per heavy atom. The minimum absolute atomic E-state index is 0.173. The summed E-state index contributed by atoms with van der Waals surface area (Å²) in [5.74, 6) is 0.458. The normalized spacial score (nSPS) is 10.8. The molecule has 2 rings (SSSR count). The van der Waals surface area contributed by atoms with Crippen molar-refractivity contribution in [2.24, 2.45) is 0 Å². The van der Waals surface area contributed by atoms with Crippen molar-refractivity contribution in [2.75, 3.05) is 5.32 Å². The van der Waals surface area contributed by atoms with Gasteiger partial charge in [-0.3, -0.25) is 4.79 Å². The molecule has 1 N–H and O–H groups in total. The first-order valence-corrected chi connectivity index (χ1v) is 6.80. The summed E-state index contributed by atoms with van der Waals surface area (Å²) in [6, 6.07) is 11.3. The zero-order valence-electron chi connectivity index (χ0n) is 10.5. The predicted molar refractivity (Wildman–Crippen MR) is 79.9 cm³/mol. The molecular weight excluding hydrogens is 306 g/mol. The second kappa shape index (κ2) is 6.38. The molecule has 0 aliphatic carbocycles. The van der Waals surface area contributed by atoms with Crippen molar-refractivity contribution in [1.29, 1.82) is 0 Å². The molecule has 0 atom stereocenters. The van der Waals surface area contributed by atoms with Crippen LogP contribution in [0.1, 0.15) is 18.2 Å². The number of amides is 1. The first kappa shape index (κ1) is 13.6. The largest absolute Gasteiger partial charge is 0.450 e. The topological polar surface area (TPSA) is 42.2 Å². The molecule has 3 nitrogen and oxygen atoms in total. The van der Waals surface area contributed by atoms with Gasteiger partial charge in [-0.15, -0.1) is 0 Å². The number of benzene rings is 1. The molecule has 0 unspecified atom stereocenters. The summed E-state index contributed by atoms with van der Waals surface area (Å²) < 4.78 is 5.92. The van der Waals surface area contributed by atoms with E-state index in [2.05, 4.69) is 28.2 Å². The minimum atomic E-state index is -0.173. The number of nitrogens with one attached hydrogen (secondary N) is 1. The van der Waals surface area contributed by atoms with Gasteiger partial charge in [0.25, 0.3) is 0 Å². The molecule has 19 heavy (non-hydrogen) atoms. The van der Waals surface area contributed by atoms with Gasteiger partial charge in [0.05, 0.1) is 0 Å². The van der Waals surface area contributed by atoms with Gasteiger partial charge in [-0.2, -0.15) is 0 Å². The number of rotatable bonds is 4. The minimum Gasteiger partial charge on any atom is -0.450 e. The molecule has 1 heterocycles. The molecule has 2 aromatic rings. The third-order valence-corrected chi connectivity index (χ3v) is 3.08. The average molecular weight is 320 g/mol. The molecule has 0 saturated heterocycles. The molecule has 0 fully saturated rings. The van der Waals surface area contributed by atoms with E-state index in [1.165, 1.54) is 6.08 Å². The fourth-order valence-electron chi connectivity index (χ4n) is 1.70. The van der Waals surface area contributed by atoms with E-state index < -0.39 is 0 Å². The molecule has 0 aliphatic rings. The number of hydrogen-bond acceptors (Lipinski definition) is 2. The van der Waals surface area contributed by atoms with Crippen LogP contribution in [0, 0.1) is 0 Å². The predicted octanol–water partition coefficient (Wildman–Crippen LogP) is 4.26. The summed E-state index contributed by atoms with van der Waals surface area (Å²) >= 11 is 3.21. The third kappa shape index (κ3) is 3.83. The highest BCUT2D eigenvalue weighted by molar-refractivity contribution is 9.10. The Morgan fingerprint density at radius 1 is 1.32 bits per heavy atom. The Morgan fingerprint density at radius 3 is 2.79 bits per heavy atom. The van der Waals surface area contributed by atoms with Gasteiger partial charge in [0.2, 0.25) is 5.91 Å². The number of aryl methyl sites for hydroxylation is 1. The first-order valence-electron chi connectivity index (χ1n) is 6.01. The van der Waals surface area contributed by atoms with Crippen LogP contribution in [-0.4, -0.2) is 5.91 Å². The van der Waals surface area contributed by atoms with E-state index in [0.29, 0.717) is 10.4 Å². The van der Waals surface area contributed by atoms with Gasteiger partial charge in [0.1, 0.15) is 5.76 Å². The lowest BCUT2D eigenvalue weighted by molar-refractivity contribution is -0.111. The van der Waals surface area contributed by atoms with E-state index in [1.54, 1.807) is 18.2 Å². The lowest BCUT2D eigenvalue weighted by Crippen LogP contribution is -2.09. The molecule has 1 amide bonds. The molecule has 0 bridgehead atoms. The molecule has 4 heteroatoms. The van der Waals surface area contributed by atoms with Crippen molar-refractivity contribution in [3.05, 3.63) is 58.5 Å². The van der Waals surface area contributed by atoms with E-state index in [9.17, 15) is 4.79 Å². The van der Waals surface area contributed by atoms with Crippen molar-refractivity contribution in [2.45, 2.75) is 13.3 Å². The summed E-state index contributed by atoms with van der Waals surface area (Å²) in [6.07, 6.45) is 3.97. The summed E-state index contributed by atoms with van der Waals surface area (Å²) in [4.78, 5) is 11.8. The van der Waals surface area contributed by atoms with Crippen LogP contribution in [0.15, 0.2) is 51.6 Å². The number of halogens is 1. The van der Waals surface area contributed by atoms with Crippen molar-refractivity contribution in [1.82, 2.24) is 0 Å². The van der Waals surface area contributed by atoms with Crippen LogP contribution >= 0.6 is 15.9 Å². The molecule has 0 spiro atoms. The SMILES string of the molecule is CCc1ccccc1NC(=O)C=Cc1ccc(Br)o1. The molecule has 1 aromatic heterocycles. The monoisotopic (exact) mass is 319 g/mol. The Kier molecular flexibility index (Phi) is 4.58. The van der Waals surface area contributed by atoms with Crippen molar-refractivity contribution >= 4 is 33.6 Å². The highest BCUT2D eigenvalue weighted by atomic mass is 79.9. The molecule has 0 aliphatic heterocycles. The lowest BCUT2D eigenvalue weighted by atomic mass is 10.1. The molecule has 0 radical (unpaired) electrons. The Bertz CT molecular complexity index is 602. The average Bonchev–Trinajstić information content (AvgIpc) is 2.83. The van der Waals surface area contributed by atoms with Gasteiger partial charge in [0.15, 0.2) is 4.67 Å². The van der Waals surface area contributed by atoms with Gasteiger partial charge >= 0.3 is 0 Å². The highest BCUT2D eigenvalue weighted by Crippen LogP contribution is 2.17. The standard InChI is InChI=1S/C15H14BrNO2/c1-2-11-5-3-4-6-13(11)17-15(18)10-8-12-7-9-14(16)19-12/h3-10H,2H2,1H3,(H,17,18). The van der Waals surface area contributed by atoms with Crippen LogP contribution in [-0.2, 0) is 11.2 Å². The van der Waals surface area contributed by atoms with Crippen LogP contribution in [0.3, 0.4) is 0 Å². The second-order valence-electron chi connectivity index (χ2n) is 3.98. The zero-order valence-corrected chi connectivity index (χ0v) is 12.1. The van der Waals surface area contributed by atoms with E-state index >= 15 is 0 Å². The Hall–Kier alpha value is -1.81. The Balaban J connectivity index is 2.03. The van der Waals surface area contributed by atoms with E-state index in [4.69, 9.17) is 4.42 Å². The third-order valence-electron chi connectivity index (χ3n) is 2.65. The van der Waals surface area contributed by atoms with Gasteiger partial charge in [-0.25, -0.2) is 0 Å². The van der Waals surface area contributed by atoms with E-state index in [1.807, 2.05) is 24.3 Å². The number of furan rings is 1. The Labute approximate surface area is 120 Å².